The van der Waals surface area contributed by atoms with Crippen LogP contribution in [0.3, 0.4) is 0 Å². The van der Waals surface area contributed by atoms with Gasteiger partial charge in [0.25, 0.3) is 0 Å². The number of urea groups is 1. The molecule has 1 heterocycles. The molecule has 29 heavy (non-hydrogen) atoms. The Morgan fingerprint density at radius 2 is 1.90 bits per heavy atom. The van der Waals surface area contributed by atoms with Gasteiger partial charge in [0.05, 0.1) is 12.6 Å². The summed E-state index contributed by atoms with van der Waals surface area (Å²) in [5.74, 6) is 0.524. The number of imide groups is 1. The fourth-order valence-electron chi connectivity index (χ4n) is 5.22. The first-order valence-corrected chi connectivity index (χ1v) is 10.3. The SMILES string of the molecule is CC(NC(=O)NC(=O)CN1CCCC1C(=O)NCC(F)(F)F)C1CC2CCC1C2. The summed E-state index contributed by atoms with van der Waals surface area (Å²) in [6.45, 7) is 0.767. The van der Waals surface area contributed by atoms with Gasteiger partial charge in [-0.05, 0) is 63.3 Å². The van der Waals surface area contributed by atoms with Crippen LogP contribution in [0.4, 0.5) is 18.0 Å². The summed E-state index contributed by atoms with van der Waals surface area (Å²) in [4.78, 5) is 37.9. The number of carbonyl (C=O) groups is 3. The second-order valence-electron chi connectivity index (χ2n) is 8.61. The van der Waals surface area contributed by atoms with Crippen LogP contribution in [-0.4, -0.2) is 60.6 Å². The molecule has 0 spiro atoms. The summed E-state index contributed by atoms with van der Waals surface area (Å²) in [6.07, 6.45) is 1.31. The Labute approximate surface area is 168 Å². The molecule has 3 N–H and O–H groups in total. The quantitative estimate of drug-likeness (QED) is 0.613. The minimum atomic E-state index is -4.48. The lowest BCUT2D eigenvalue weighted by Gasteiger charge is -2.28. The highest BCUT2D eigenvalue weighted by Gasteiger charge is 2.42. The number of carbonyl (C=O) groups excluding carboxylic acids is 3. The van der Waals surface area contributed by atoms with Crippen LogP contribution in [0.5, 0.6) is 0 Å². The van der Waals surface area contributed by atoms with E-state index in [1.165, 1.54) is 24.2 Å². The molecule has 2 aliphatic carbocycles. The number of amides is 4. The summed E-state index contributed by atoms with van der Waals surface area (Å²) < 4.78 is 36.8. The minimum absolute atomic E-state index is 0.0224. The van der Waals surface area contributed by atoms with Gasteiger partial charge in [0.1, 0.15) is 6.54 Å². The third kappa shape index (κ3) is 5.83. The predicted octanol–water partition coefficient (Wildman–Crippen LogP) is 1.78. The third-order valence-electron chi connectivity index (χ3n) is 6.52. The number of nitrogens with zero attached hydrogens (tertiary/aromatic N) is 1. The van der Waals surface area contributed by atoms with E-state index in [0.717, 1.165) is 12.3 Å². The van der Waals surface area contributed by atoms with Crippen molar-refractivity contribution in [2.24, 2.45) is 17.8 Å². The number of hydrogen-bond acceptors (Lipinski definition) is 4. The summed E-state index contributed by atoms with van der Waals surface area (Å²) in [5.41, 5.74) is 0. The molecule has 0 aromatic rings. The molecule has 1 saturated heterocycles. The fraction of sp³-hybridized carbons (Fsp3) is 0.842. The minimum Gasteiger partial charge on any atom is -0.346 e. The van der Waals surface area contributed by atoms with Gasteiger partial charge in [-0.25, -0.2) is 4.79 Å². The largest absolute Gasteiger partial charge is 0.405 e. The van der Waals surface area contributed by atoms with Gasteiger partial charge in [0.15, 0.2) is 0 Å². The molecule has 2 saturated carbocycles. The van der Waals surface area contributed by atoms with Crippen LogP contribution in [0, 0.1) is 17.8 Å². The smallest absolute Gasteiger partial charge is 0.346 e. The zero-order valence-corrected chi connectivity index (χ0v) is 16.6. The summed E-state index contributed by atoms with van der Waals surface area (Å²) >= 11 is 0. The van der Waals surface area contributed by atoms with E-state index in [-0.39, 0.29) is 12.6 Å². The second-order valence-corrected chi connectivity index (χ2v) is 8.61. The maximum atomic E-state index is 12.3. The maximum absolute atomic E-state index is 12.3. The number of rotatable bonds is 6. The van der Waals surface area contributed by atoms with E-state index >= 15 is 0 Å². The average molecular weight is 418 g/mol. The molecule has 3 fully saturated rings. The van der Waals surface area contributed by atoms with E-state index in [1.54, 1.807) is 0 Å². The van der Waals surface area contributed by atoms with Crippen molar-refractivity contribution in [2.75, 3.05) is 19.6 Å². The van der Waals surface area contributed by atoms with Gasteiger partial charge < -0.3 is 10.6 Å². The van der Waals surface area contributed by atoms with Gasteiger partial charge >= 0.3 is 12.2 Å². The average Bonchev–Trinajstić information content (AvgIpc) is 3.35. The molecule has 7 nitrogen and oxygen atoms in total. The molecule has 164 valence electrons. The van der Waals surface area contributed by atoms with Crippen LogP contribution in [0.25, 0.3) is 0 Å². The molecule has 4 amide bonds. The molecule has 5 unspecified atom stereocenters. The molecule has 10 heteroatoms. The van der Waals surface area contributed by atoms with E-state index in [0.29, 0.717) is 31.2 Å². The van der Waals surface area contributed by atoms with E-state index in [9.17, 15) is 27.6 Å². The number of alkyl halides is 3. The van der Waals surface area contributed by atoms with E-state index < -0.39 is 36.6 Å². The van der Waals surface area contributed by atoms with Gasteiger partial charge in [0.2, 0.25) is 11.8 Å². The van der Waals surface area contributed by atoms with Crippen LogP contribution in [-0.2, 0) is 9.59 Å². The molecule has 2 bridgehead atoms. The topological polar surface area (TPSA) is 90.5 Å². The third-order valence-corrected chi connectivity index (χ3v) is 6.52. The molecular formula is C19H29F3N4O3. The Morgan fingerprint density at radius 1 is 1.14 bits per heavy atom. The normalized spacial score (nSPS) is 30.2. The maximum Gasteiger partial charge on any atom is 0.405 e. The molecule has 0 aromatic heterocycles. The summed E-state index contributed by atoms with van der Waals surface area (Å²) in [7, 11) is 0. The lowest BCUT2D eigenvalue weighted by atomic mass is 9.84. The van der Waals surface area contributed by atoms with E-state index in [2.05, 4.69) is 10.6 Å². The van der Waals surface area contributed by atoms with Crippen molar-refractivity contribution in [1.29, 1.82) is 0 Å². The van der Waals surface area contributed by atoms with Crippen LogP contribution < -0.4 is 16.0 Å². The lowest BCUT2D eigenvalue weighted by Crippen LogP contribution is -2.51. The second kappa shape index (κ2) is 8.89. The van der Waals surface area contributed by atoms with Crippen LogP contribution in [0.1, 0.15) is 45.4 Å². The van der Waals surface area contributed by atoms with Gasteiger partial charge in [0, 0.05) is 6.04 Å². The molecule has 0 radical (unpaired) electrons. The molecule has 5 atom stereocenters. The highest BCUT2D eigenvalue weighted by Crippen LogP contribution is 2.49. The Kier molecular flexibility index (Phi) is 6.70. The molecule has 1 aliphatic heterocycles. The molecule has 0 aromatic carbocycles. The van der Waals surface area contributed by atoms with Gasteiger partial charge in [-0.1, -0.05) is 6.42 Å². The van der Waals surface area contributed by atoms with Gasteiger partial charge in [-0.3, -0.25) is 19.8 Å². The fourth-order valence-corrected chi connectivity index (χ4v) is 5.22. The van der Waals surface area contributed by atoms with Crippen molar-refractivity contribution in [3.8, 4) is 0 Å². The first-order chi connectivity index (χ1) is 13.6. The van der Waals surface area contributed by atoms with Crippen molar-refractivity contribution in [3.63, 3.8) is 0 Å². The van der Waals surface area contributed by atoms with Crippen LogP contribution >= 0.6 is 0 Å². The van der Waals surface area contributed by atoms with Gasteiger partial charge in [-0.15, -0.1) is 0 Å². The van der Waals surface area contributed by atoms with Crippen molar-refractivity contribution in [2.45, 2.75) is 63.7 Å². The first kappa shape index (κ1) is 21.9. The van der Waals surface area contributed by atoms with E-state index in [1.807, 2.05) is 12.2 Å². The zero-order chi connectivity index (χ0) is 21.2. The standard InChI is InChI=1S/C19H29F3N4O3/c1-11(14-8-12-4-5-13(14)7-12)24-18(29)25-16(27)9-26-6-2-3-15(26)17(28)23-10-19(20,21)22/h11-15H,2-10H2,1H3,(H,23,28)(H2,24,25,27,29). The lowest BCUT2D eigenvalue weighted by molar-refractivity contribution is -0.141. The predicted molar refractivity (Wildman–Crippen MR) is 98.7 cm³/mol. The first-order valence-electron chi connectivity index (χ1n) is 10.3. The number of hydrogen-bond donors (Lipinski definition) is 3. The Hall–Kier alpha value is -1.84. The Bertz CT molecular complexity index is 643. The Morgan fingerprint density at radius 3 is 2.52 bits per heavy atom. The number of halogens is 3. The van der Waals surface area contributed by atoms with Crippen LogP contribution in [0.15, 0.2) is 0 Å². The summed E-state index contributed by atoms with van der Waals surface area (Å²) in [6, 6.07) is -1.38. The van der Waals surface area contributed by atoms with Crippen molar-refractivity contribution >= 4 is 17.8 Å². The highest BCUT2D eigenvalue weighted by atomic mass is 19.4. The zero-order valence-electron chi connectivity index (χ0n) is 16.6. The van der Waals surface area contributed by atoms with Crippen LogP contribution in [0.2, 0.25) is 0 Å². The molecule has 3 aliphatic rings. The van der Waals surface area contributed by atoms with E-state index in [4.69, 9.17) is 0 Å². The Balaban J connectivity index is 1.42. The number of nitrogens with one attached hydrogen (secondary N) is 3. The van der Waals surface area contributed by atoms with Crippen molar-refractivity contribution < 1.29 is 27.6 Å². The highest BCUT2D eigenvalue weighted by molar-refractivity contribution is 5.95. The van der Waals surface area contributed by atoms with Gasteiger partial charge in [-0.2, -0.15) is 13.2 Å². The van der Waals surface area contributed by atoms with Crippen molar-refractivity contribution in [1.82, 2.24) is 20.9 Å². The molecule has 3 rings (SSSR count). The summed E-state index contributed by atoms with van der Waals surface area (Å²) in [5, 5.41) is 6.98. The molecular weight excluding hydrogens is 389 g/mol. The number of likely N-dealkylation sites (tertiary alicyclic amines) is 1. The number of fused-ring (bicyclic) bond motifs is 2. The monoisotopic (exact) mass is 418 g/mol. The van der Waals surface area contributed by atoms with Crippen molar-refractivity contribution in [3.05, 3.63) is 0 Å².